The molecule has 0 bridgehead atoms. The Labute approximate surface area is 167 Å². The van der Waals surface area contributed by atoms with E-state index in [-0.39, 0.29) is 11.8 Å². The first-order valence-corrected chi connectivity index (χ1v) is 9.09. The van der Waals surface area contributed by atoms with E-state index in [4.69, 9.17) is 0 Å². The molecule has 142 valence electrons. The normalized spacial score (nSPS) is 10.5. The topological polar surface area (TPSA) is 84.0 Å². The molecule has 2 aromatic carbocycles. The number of benzene rings is 2. The van der Waals surface area contributed by atoms with E-state index in [0.717, 1.165) is 16.5 Å². The molecular formula is C23H18N4O2. The molecular weight excluding hydrogens is 364 g/mol. The van der Waals surface area contributed by atoms with Crippen LogP contribution in [0.4, 0.5) is 5.69 Å². The number of anilines is 1. The first-order chi connectivity index (χ1) is 14.2. The van der Waals surface area contributed by atoms with Crippen molar-refractivity contribution in [2.45, 2.75) is 0 Å². The maximum Gasteiger partial charge on any atom is 0.256 e. The summed E-state index contributed by atoms with van der Waals surface area (Å²) in [6, 6.07) is 19.8. The van der Waals surface area contributed by atoms with Gasteiger partial charge in [0.1, 0.15) is 0 Å². The molecule has 4 aromatic rings. The number of aromatic nitrogens is 2. The summed E-state index contributed by atoms with van der Waals surface area (Å²) in [6.07, 6.45) is 3.41. The maximum absolute atomic E-state index is 13.1. The first kappa shape index (κ1) is 18.3. The van der Waals surface area contributed by atoms with Gasteiger partial charge in [-0.05, 0) is 48.5 Å². The SMILES string of the molecule is CNC(=O)c1ccc(NC(=O)c2cc(-c3cccnc3)nc3ccccc23)cc1. The van der Waals surface area contributed by atoms with Crippen LogP contribution in [0.3, 0.4) is 0 Å². The molecule has 0 unspecified atom stereocenters. The Morgan fingerprint density at radius 1 is 0.897 bits per heavy atom. The summed E-state index contributed by atoms with van der Waals surface area (Å²) in [7, 11) is 1.58. The fourth-order valence-corrected chi connectivity index (χ4v) is 3.07. The second-order valence-electron chi connectivity index (χ2n) is 6.42. The van der Waals surface area contributed by atoms with Crippen molar-refractivity contribution in [3.8, 4) is 11.3 Å². The van der Waals surface area contributed by atoms with Crippen molar-refractivity contribution in [1.29, 1.82) is 0 Å². The number of amides is 2. The highest BCUT2D eigenvalue weighted by Gasteiger charge is 2.14. The summed E-state index contributed by atoms with van der Waals surface area (Å²) in [4.78, 5) is 33.5. The van der Waals surface area contributed by atoms with Crippen LogP contribution in [-0.4, -0.2) is 28.8 Å². The fourth-order valence-electron chi connectivity index (χ4n) is 3.07. The minimum Gasteiger partial charge on any atom is -0.355 e. The number of carbonyl (C=O) groups is 2. The van der Waals surface area contributed by atoms with Gasteiger partial charge in [0, 0.05) is 41.6 Å². The van der Waals surface area contributed by atoms with Gasteiger partial charge in [-0.25, -0.2) is 4.98 Å². The molecule has 29 heavy (non-hydrogen) atoms. The predicted octanol–water partition coefficient (Wildman–Crippen LogP) is 3.91. The van der Waals surface area contributed by atoms with E-state index >= 15 is 0 Å². The second-order valence-corrected chi connectivity index (χ2v) is 6.42. The lowest BCUT2D eigenvalue weighted by molar-refractivity contribution is 0.0962. The number of para-hydroxylation sites is 1. The number of nitrogens with one attached hydrogen (secondary N) is 2. The lowest BCUT2D eigenvalue weighted by Gasteiger charge is -2.11. The number of hydrogen-bond acceptors (Lipinski definition) is 4. The van der Waals surface area contributed by atoms with Gasteiger partial charge in [0.25, 0.3) is 11.8 Å². The Bertz CT molecular complexity index is 1190. The third-order valence-electron chi connectivity index (χ3n) is 4.55. The van der Waals surface area contributed by atoms with Crippen LogP contribution in [0.5, 0.6) is 0 Å². The average molecular weight is 382 g/mol. The predicted molar refractivity (Wildman–Crippen MR) is 113 cm³/mol. The van der Waals surface area contributed by atoms with Gasteiger partial charge in [-0.15, -0.1) is 0 Å². The highest BCUT2D eigenvalue weighted by molar-refractivity contribution is 6.13. The van der Waals surface area contributed by atoms with Crippen molar-refractivity contribution in [3.05, 3.63) is 90.3 Å². The first-order valence-electron chi connectivity index (χ1n) is 9.09. The molecule has 0 saturated carbocycles. The van der Waals surface area contributed by atoms with Crippen molar-refractivity contribution < 1.29 is 9.59 Å². The van der Waals surface area contributed by atoms with E-state index < -0.39 is 0 Å². The Balaban J connectivity index is 1.70. The summed E-state index contributed by atoms with van der Waals surface area (Å²) < 4.78 is 0. The van der Waals surface area contributed by atoms with Gasteiger partial charge in [-0.2, -0.15) is 0 Å². The lowest BCUT2D eigenvalue weighted by Crippen LogP contribution is -2.18. The molecule has 2 amide bonds. The molecule has 4 rings (SSSR count). The molecule has 0 fully saturated rings. The summed E-state index contributed by atoms with van der Waals surface area (Å²) in [6.45, 7) is 0. The zero-order valence-corrected chi connectivity index (χ0v) is 15.7. The molecule has 0 aliphatic rings. The molecule has 6 nitrogen and oxygen atoms in total. The van der Waals surface area contributed by atoms with Gasteiger partial charge in [-0.3, -0.25) is 14.6 Å². The quantitative estimate of drug-likeness (QED) is 0.560. The van der Waals surface area contributed by atoms with E-state index in [0.29, 0.717) is 22.5 Å². The second kappa shape index (κ2) is 7.90. The third-order valence-corrected chi connectivity index (χ3v) is 4.55. The number of rotatable bonds is 4. The van der Waals surface area contributed by atoms with Crippen LogP contribution >= 0.6 is 0 Å². The fraction of sp³-hybridized carbons (Fsp3) is 0.0435. The largest absolute Gasteiger partial charge is 0.355 e. The van der Waals surface area contributed by atoms with Crippen molar-refractivity contribution in [2.24, 2.45) is 0 Å². The summed E-state index contributed by atoms with van der Waals surface area (Å²) in [5.74, 6) is -0.425. The molecule has 0 aliphatic carbocycles. The third kappa shape index (κ3) is 3.82. The Morgan fingerprint density at radius 3 is 2.41 bits per heavy atom. The number of pyridine rings is 2. The zero-order chi connectivity index (χ0) is 20.2. The Kier molecular flexibility index (Phi) is 4.99. The molecule has 2 aromatic heterocycles. The summed E-state index contributed by atoms with van der Waals surface area (Å²) in [5, 5.41) is 6.23. The number of nitrogens with zero attached hydrogens (tertiary/aromatic N) is 2. The van der Waals surface area contributed by atoms with Gasteiger partial charge in [0.05, 0.1) is 16.8 Å². The van der Waals surface area contributed by atoms with Gasteiger partial charge >= 0.3 is 0 Å². The Morgan fingerprint density at radius 2 is 1.69 bits per heavy atom. The van der Waals surface area contributed by atoms with Gasteiger partial charge in [0.15, 0.2) is 0 Å². The van der Waals surface area contributed by atoms with Crippen molar-refractivity contribution in [3.63, 3.8) is 0 Å². The zero-order valence-electron chi connectivity index (χ0n) is 15.7. The molecule has 2 heterocycles. The standard InChI is InChI=1S/C23H18N4O2/c1-24-22(28)15-8-10-17(11-9-15)26-23(29)19-13-21(16-5-4-12-25-14-16)27-20-7-3-2-6-18(19)20/h2-14H,1H3,(H,24,28)(H,26,29). The van der Waals surface area contributed by atoms with Crippen LogP contribution in [-0.2, 0) is 0 Å². The lowest BCUT2D eigenvalue weighted by atomic mass is 10.0. The van der Waals surface area contributed by atoms with E-state index in [1.807, 2.05) is 36.4 Å². The van der Waals surface area contributed by atoms with Crippen molar-refractivity contribution in [1.82, 2.24) is 15.3 Å². The highest BCUT2D eigenvalue weighted by atomic mass is 16.2. The van der Waals surface area contributed by atoms with Gasteiger partial charge in [-0.1, -0.05) is 18.2 Å². The molecule has 0 aliphatic heterocycles. The molecule has 0 saturated heterocycles. The number of carbonyl (C=O) groups excluding carboxylic acids is 2. The molecule has 0 radical (unpaired) electrons. The monoisotopic (exact) mass is 382 g/mol. The van der Waals surface area contributed by atoms with Crippen LogP contribution in [0, 0.1) is 0 Å². The van der Waals surface area contributed by atoms with Gasteiger partial charge < -0.3 is 10.6 Å². The molecule has 0 spiro atoms. The van der Waals surface area contributed by atoms with E-state index in [1.165, 1.54) is 0 Å². The average Bonchev–Trinajstić information content (AvgIpc) is 2.78. The smallest absolute Gasteiger partial charge is 0.256 e. The van der Waals surface area contributed by atoms with Crippen molar-refractivity contribution >= 4 is 28.4 Å². The molecule has 2 N–H and O–H groups in total. The molecule has 0 atom stereocenters. The van der Waals surface area contributed by atoms with Crippen LogP contribution in [0.2, 0.25) is 0 Å². The maximum atomic E-state index is 13.1. The summed E-state index contributed by atoms with van der Waals surface area (Å²) in [5.41, 5.74) is 3.89. The van der Waals surface area contributed by atoms with E-state index in [9.17, 15) is 9.59 Å². The van der Waals surface area contributed by atoms with Crippen LogP contribution in [0.25, 0.3) is 22.2 Å². The Hall–Kier alpha value is -4.06. The van der Waals surface area contributed by atoms with E-state index in [2.05, 4.69) is 20.6 Å². The minimum atomic E-state index is -0.249. The minimum absolute atomic E-state index is 0.177. The summed E-state index contributed by atoms with van der Waals surface area (Å²) >= 11 is 0. The number of hydrogen-bond donors (Lipinski definition) is 2. The van der Waals surface area contributed by atoms with E-state index in [1.54, 1.807) is 49.8 Å². The molecule has 6 heteroatoms. The van der Waals surface area contributed by atoms with Crippen molar-refractivity contribution in [2.75, 3.05) is 12.4 Å². The van der Waals surface area contributed by atoms with Crippen LogP contribution in [0.15, 0.2) is 79.1 Å². The highest BCUT2D eigenvalue weighted by Crippen LogP contribution is 2.25. The van der Waals surface area contributed by atoms with Crippen LogP contribution < -0.4 is 10.6 Å². The number of fused-ring (bicyclic) bond motifs is 1. The van der Waals surface area contributed by atoms with Crippen LogP contribution in [0.1, 0.15) is 20.7 Å². The van der Waals surface area contributed by atoms with Gasteiger partial charge in [0.2, 0.25) is 0 Å².